The second-order valence-corrected chi connectivity index (χ2v) is 5.95. The lowest BCUT2D eigenvalue weighted by molar-refractivity contribution is 0.122. The summed E-state index contributed by atoms with van der Waals surface area (Å²) < 4.78 is 5.45. The second-order valence-electron chi connectivity index (χ2n) is 5.95. The van der Waals surface area contributed by atoms with Crippen molar-refractivity contribution in [3.63, 3.8) is 0 Å². The van der Waals surface area contributed by atoms with Gasteiger partial charge in [0.05, 0.1) is 18.7 Å². The summed E-state index contributed by atoms with van der Waals surface area (Å²) >= 11 is 0. The topological polar surface area (TPSA) is 51.4 Å². The Morgan fingerprint density at radius 1 is 1.29 bits per heavy atom. The minimum absolute atomic E-state index is 0.133. The third-order valence-electron chi connectivity index (χ3n) is 3.88. The van der Waals surface area contributed by atoms with E-state index < -0.39 is 0 Å². The van der Waals surface area contributed by atoms with E-state index in [9.17, 15) is 0 Å². The van der Waals surface area contributed by atoms with Gasteiger partial charge in [-0.15, -0.1) is 0 Å². The normalized spacial score (nSPS) is 17.2. The molecule has 112 valence electrons. The lowest BCUT2D eigenvalue weighted by Crippen LogP contribution is -2.37. The average Bonchev–Trinajstić information content (AvgIpc) is 2.47. The molecule has 0 radical (unpaired) electrons. The first kappa shape index (κ1) is 14.3. The van der Waals surface area contributed by atoms with Crippen molar-refractivity contribution < 1.29 is 4.74 Å². The van der Waals surface area contributed by atoms with E-state index in [4.69, 9.17) is 15.5 Å². The van der Waals surface area contributed by atoms with Crippen LogP contribution in [-0.2, 0) is 11.2 Å². The van der Waals surface area contributed by atoms with E-state index in [2.05, 4.69) is 36.1 Å². The summed E-state index contributed by atoms with van der Waals surface area (Å²) in [7, 11) is 0. The van der Waals surface area contributed by atoms with Crippen LogP contribution in [0, 0.1) is 6.92 Å². The van der Waals surface area contributed by atoms with Crippen molar-refractivity contribution in [3.05, 3.63) is 35.4 Å². The largest absolute Gasteiger partial charge is 0.378 e. The van der Waals surface area contributed by atoms with Crippen molar-refractivity contribution in [2.45, 2.75) is 26.3 Å². The molecule has 0 spiro atoms. The Morgan fingerprint density at radius 3 is 2.76 bits per heavy atom. The molecule has 2 aromatic rings. The highest BCUT2D eigenvalue weighted by atomic mass is 16.5. The molecule has 4 nitrogen and oxygen atoms in total. The summed E-state index contributed by atoms with van der Waals surface area (Å²) in [5.74, 6) is 1.08. The highest BCUT2D eigenvalue weighted by Crippen LogP contribution is 2.26. The zero-order valence-electron chi connectivity index (χ0n) is 12.8. The fourth-order valence-electron chi connectivity index (χ4n) is 2.88. The molecular weight excluding hydrogens is 262 g/mol. The Bertz CT molecular complexity index is 633. The molecule has 1 atom stereocenters. The minimum atomic E-state index is 0.133. The number of nitrogens with two attached hydrogens (primary N) is 1. The van der Waals surface area contributed by atoms with Crippen molar-refractivity contribution in [1.82, 2.24) is 4.98 Å². The van der Waals surface area contributed by atoms with Gasteiger partial charge in [0, 0.05) is 24.5 Å². The summed E-state index contributed by atoms with van der Waals surface area (Å²) in [4.78, 5) is 7.23. The lowest BCUT2D eigenvalue weighted by atomic mass is 10.0. The molecule has 1 aromatic heterocycles. The van der Waals surface area contributed by atoms with Crippen LogP contribution < -0.4 is 10.6 Å². The van der Waals surface area contributed by atoms with E-state index >= 15 is 0 Å². The molecule has 21 heavy (non-hydrogen) atoms. The van der Waals surface area contributed by atoms with Gasteiger partial charge in [-0.25, -0.2) is 4.98 Å². The van der Waals surface area contributed by atoms with Gasteiger partial charge in [-0.3, -0.25) is 0 Å². The third kappa shape index (κ3) is 3.17. The third-order valence-corrected chi connectivity index (χ3v) is 3.88. The number of ether oxygens (including phenoxy) is 1. The van der Waals surface area contributed by atoms with E-state index in [-0.39, 0.29) is 6.04 Å². The Hall–Kier alpha value is -1.65. The number of pyridine rings is 1. The average molecular weight is 285 g/mol. The van der Waals surface area contributed by atoms with Gasteiger partial charge in [-0.2, -0.15) is 0 Å². The summed E-state index contributed by atoms with van der Waals surface area (Å²) in [6.07, 6.45) is 0.851. The first-order valence-electron chi connectivity index (χ1n) is 7.62. The van der Waals surface area contributed by atoms with E-state index in [0.29, 0.717) is 0 Å². The monoisotopic (exact) mass is 285 g/mol. The highest BCUT2D eigenvalue weighted by Gasteiger charge is 2.18. The molecule has 1 saturated heterocycles. The van der Waals surface area contributed by atoms with Gasteiger partial charge in [-0.1, -0.05) is 11.6 Å². The predicted octanol–water partition coefficient (Wildman–Crippen LogP) is 2.27. The number of rotatable bonds is 3. The lowest BCUT2D eigenvalue weighted by Gasteiger charge is -2.30. The van der Waals surface area contributed by atoms with Gasteiger partial charge in [0.1, 0.15) is 5.82 Å². The number of hydrogen-bond donors (Lipinski definition) is 1. The molecule has 0 saturated carbocycles. The van der Waals surface area contributed by atoms with Crippen molar-refractivity contribution in [1.29, 1.82) is 0 Å². The molecule has 1 aliphatic heterocycles. The zero-order valence-corrected chi connectivity index (χ0v) is 12.8. The number of nitrogens with zero attached hydrogens (tertiary/aromatic N) is 2. The van der Waals surface area contributed by atoms with Crippen LogP contribution in [0.1, 0.15) is 18.1 Å². The number of hydrogen-bond acceptors (Lipinski definition) is 4. The Balaban J connectivity index is 2.07. The summed E-state index contributed by atoms with van der Waals surface area (Å²) in [5, 5.41) is 1.20. The SMILES string of the molecule is Cc1ccc2nc(N3CCOCC3)c(CC(C)N)cc2c1. The van der Waals surface area contributed by atoms with E-state index in [1.807, 2.05) is 6.92 Å². The van der Waals surface area contributed by atoms with Gasteiger partial charge in [0.15, 0.2) is 0 Å². The number of aromatic nitrogens is 1. The molecule has 0 aliphatic carbocycles. The summed E-state index contributed by atoms with van der Waals surface area (Å²) in [6, 6.07) is 8.79. The van der Waals surface area contributed by atoms with Gasteiger partial charge in [-0.05, 0) is 44.0 Å². The standard InChI is InChI=1S/C17H23N3O/c1-12-3-4-16-14(9-12)11-15(10-13(2)18)17(19-16)20-5-7-21-8-6-20/h3-4,9,11,13H,5-8,10,18H2,1-2H3. The minimum Gasteiger partial charge on any atom is -0.378 e. The first-order valence-corrected chi connectivity index (χ1v) is 7.62. The predicted molar refractivity (Wildman–Crippen MR) is 86.9 cm³/mol. The summed E-state index contributed by atoms with van der Waals surface area (Å²) in [5.41, 5.74) is 9.58. The maximum atomic E-state index is 6.03. The first-order chi connectivity index (χ1) is 10.1. The molecule has 1 aliphatic rings. The molecule has 0 amide bonds. The Kier molecular flexibility index (Phi) is 4.08. The van der Waals surface area contributed by atoms with Crippen molar-refractivity contribution in [2.24, 2.45) is 5.73 Å². The molecule has 3 rings (SSSR count). The van der Waals surface area contributed by atoms with Gasteiger partial charge < -0.3 is 15.4 Å². The molecule has 2 N–H and O–H groups in total. The number of morpholine rings is 1. The van der Waals surface area contributed by atoms with Crippen LogP contribution in [0.25, 0.3) is 10.9 Å². The van der Waals surface area contributed by atoms with Crippen LogP contribution in [0.2, 0.25) is 0 Å². The Labute approximate surface area is 125 Å². The van der Waals surface area contributed by atoms with Crippen LogP contribution in [0.5, 0.6) is 0 Å². The van der Waals surface area contributed by atoms with Crippen LogP contribution in [0.3, 0.4) is 0 Å². The quantitative estimate of drug-likeness (QED) is 0.940. The summed E-state index contributed by atoms with van der Waals surface area (Å²) in [6.45, 7) is 7.49. The van der Waals surface area contributed by atoms with Crippen LogP contribution in [0.15, 0.2) is 24.3 Å². The van der Waals surface area contributed by atoms with Crippen molar-refractivity contribution >= 4 is 16.7 Å². The van der Waals surface area contributed by atoms with E-state index in [1.165, 1.54) is 16.5 Å². The number of anilines is 1. The molecule has 2 heterocycles. The zero-order chi connectivity index (χ0) is 14.8. The maximum absolute atomic E-state index is 6.03. The Morgan fingerprint density at radius 2 is 2.05 bits per heavy atom. The highest BCUT2D eigenvalue weighted by molar-refractivity contribution is 5.82. The van der Waals surface area contributed by atoms with Crippen LogP contribution in [0.4, 0.5) is 5.82 Å². The molecule has 1 unspecified atom stereocenters. The van der Waals surface area contributed by atoms with Gasteiger partial charge in [0.2, 0.25) is 0 Å². The molecule has 1 aromatic carbocycles. The number of fused-ring (bicyclic) bond motifs is 1. The molecule has 1 fully saturated rings. The maximum Gasteiger partial charge on any atom is 0.132 e. The number of aryl methyl sites for hydroxylation is 1. The van der Waals surface area contributed by atoms with Crippen molar-refractivity contribution in [3.8, 4) is 0 Å². The van der Waals surface area contributed by atoms with Crippen LogP contribution >= 0.6 is 0 Å². The number of benzene rings is 1. The molecule has 0 bridgehead atoms. The van der Waals surface area contributed by atoms with Crippen LogP contribution in [-0.4, -0.2) is 37.3 Å². The van der Waals surface area contributed by atoms with Gasteiger partial charge in [0.25, 0.3) is 0 Å². The van der Waals surface area contributed by atoms with E-state index in [1.54, 1.807) is 0 Å². The smallest absolute Gasteiger partial charge is 0.132 e. The fourth-order valence-corrected chi connectivity index (χ4v) is 2.88. The van der Waals surface area contributed by atoms with E-state index in [0.717, 1.165) is 44.1 Å². The van der Waals surface area contributed by atoms with Gasteiger partial charge >= 0.3 is 0 Å². The second kappa shape index (κ2) is 6.00. The van der Waals surface area contributed by atoms with Crippen molar-refractivity contribution in [2.75, 3.05) is 31.2 Å². The fraction of sp³-hybridized carbons (Fsp3) is 0.471. The molecule has 4 heteroatoms. The molecular formula is C17H23N3O.